The first-order chi connectivity index (χ1) is 8.36. The van der Waals surface area contributed by atoms with E-state index in [2.05, 4.69) is 24.5 Å². The smallest absolute Gasteiger partial charge is 0.315 e. The maximum absolute atomic E-state index is 11.7. The summed E-state index contributed by atoms with van der Waals surface area (Å²) < 4.78 is 0. The van der Waals surface area contributed by atoms with Gasteiger partial charge < -0.3 is 15.7 Å². The minimum atomic E-state index is -0.785. The summed E-state index contributed by atoms with van der Waals surface area (Å²) in [7, 11) is 0. The molecule has 2 fully saturated rings. The van der Waals surface area contributed by atoms with Crippen molar-refractivity contribution in [3.8, 4) is 0 Å². The van der Waals surface area contributed by atoms with Gasteiger partial charge in [-0.25, -0.2) is 4.79 Å². The third-order valence-corrected chi connectivity index (χ3v) is 4.42. The van der Waals surface area contributed by atoms with Crippen LogP contribution in [0.4, 0.5) is 4.79 Å². The number of carboxylic acid groups (broad SMARTS) is 1. The first kappa shape index (κ1) is 13.2. The molecule has 0 heterocycles. The Balaban J connectivity index is 1.80. The molecule has 2 aliphatic rings. The van der Waals surface area contributed by atoms with Crippen LogP contribution in [0, 0.1) is 10.8 Å². The molecule has 18 heavy (non-hydrogen) atoms. The molecule has 0 spiro atoms. The summed E-state index contributed by atoms with van der Waals surface area (Å²) in [5, 5.41) is 14.9. The summed E-state index contributed by atoms with van der Waals surface area (Å²) in [5.41, 5.74) is -0.550. The summed E-state index contributed by atoms with van der Waals surface area (Å²) in [4.78, 5) is 23.0. The molecule has 0 aliphatic heterocycles. The van der Waals surface area contributed by atoms with Gasteiger partial charge in [0.15, 0.2) is 0 Å². The summed E-state index contributed by atoms with van der Waals surface area (Å²) in [6.45, 7) is 4.45. The fraction of sp³-hybridized carbons (Fsp3) is 0.846. The van der Waals surface area contributed by atoms with Crippen LogP contribution in [0.5, 0.6) is 0 Å². The van der Waals surface area contributed by atoms with Gasteiger partial charge in [0.1, 0.15) is 0 Å². The van der Waals surface area contributed by atoms with Crippen LogP contribution in [0.1, 0.15) is 46.0 Å². The Morgan fingerprint density at radius 3 is 2.28 bits per heavy atom. The molecular formula is C13H22N2O3. The molecule has 0 radical (unpaired) electrons. The van der Waals surface area contributed by atoms with Gasteiger partial charge in [0.05, 0.1) is 5.41 Å². The molecule has 0 bridgehead atoms. The molecule has 2 aliphatic carbocycles. The largest absolute Gasteiger partial charge is 0.481 e. The highest BCUT2D eigenvalue weighted by Crippen LogP contribution is 2.44. The summed E-state index contributed by atoms with van der Waals surface area (Å²) in [6.07, 6.45) is 4.19. The van der Waals surface area contributed by atoms with Gasteiger partial charge in [-0.05, 0) is 24.7 Å². The molecule has 0 aromatic heterocycles. The Morgan fingerprint density at radius 1 is 1.28 bits per heavy atom. The molecule has 2 rings (SSSR count). The number of rotatable bonds is 4. The zero-order chi connectivity index (χ0) is 13.4. The predicted octanol–water partition coefficient (Wildman–Crippen LogP) is 1.73. The third kappa shape index (κ3) is 2.60. The number of carbonyl (C=O) groups excluding carboxylic acids is 1. The molecule has 5 nitrogen and oxygen atoms in total. The topological polar surface area (TPSA) is 78.4 Å². The highest BCUT2D eigenvalue weighted by Gasteiger charge is 2.47. The maximum Gasteiger partial charge on any atom is 0.315 e. The van der Waals surface area contributed by atoms with E-state index in [9.17, 15) is 14.7 Å². The Bertz CT molecular complexity index is 359. The lowest BCUT2D eigenvalue weighted by atomic mass is 9.86. The van der Waals surface area contributed by atoms with Crippen molar-refractivity contribution in [3.05, 3.63) is 0 Å². The second-order valence-electron chi connectivity index (χ2n) is 6.36. The highest BCUT2D eigenvalue weighted by atomic mass is 16.4. The van der Waals surface area contributed by atoms with E-state index < -0.39 is 11.4 Å². The van der Waals surface area contributed by atoms with Gasteiger partial charge in [-0.15, -0.1) is 0 Å². The molecule has 2 amide bonds. The van der Waals surface area contributed by atoms with E-state index in [4.69, 9.17) is 0 Å². The van der Waals surface area contributed by atoms with Crippen LogP contribution >= 0.6 is 0 Å². The van der Waals surface area contributed by atoms with Crippen molar-refractivity contribution in [2.45, 2.75) is 52.0 Å². The van der Waals surface area contributed by atoms with Crippen LogP contribution in [0.3, 0.4) is 0 Å². The Labute approximate surface area is 107 Å². The molecule has 1 unspecified atom stereocenters. The van der Waals surface area contributed by atoms with Gasteiger partial charge in [-0.2, -0.15) is 0 Å². The predicted molar refractivity (Wildman–Crippen MR) is 67.3 cm³/mol. The van der Waals surface area contributed by atoms with E-state index in [1.54, 1.807) is 0 Å². The zero-order valence-corrected chi connectivity index (χ0v) is 11.1. The van der Waals surface area contributed by atoms with Gasteiger partial charge in [0, 0.05) is 12.6 Å². The maximum atomic E-state index is 11.7. The molecule has 0 aromatic carbocycles. The summed E-state index contributed by atoms with van der Waals surface area (Å²) in [6, 6.07) is -0.0139. The van der Waals surface area contributed by atoms with Gasteiger partial charge in [0.2, 0.25) is 0 Å². The molecule has 1 atom stereocenters. The van der Waals surface area contributed by atoms with Crippen LogP contribution in [-0.2, 0) is 4.79 Å². The van der Waals surface area contributed by atoms with E-state index in [-0.39, 0.29) is 24.0 Å². The van der Waals surface area contributed by atoms with Crippen molar-refractivity contribution < 1.29 is 14.7 Å². The minimum Gasteiger partial charge on any atom is -0.481 e. The normalized spacial score (nSPS) is 27.6. The first-order valence-corrected chi connectivity index (χ1v) is 6.64. The fourth-order valence-corrected chi connectivity index (χ4v) is 2.69. The monoisotopic (exact) mass is 254 g/mol. The first-order valence-electron chi connectivity index (χ1n) is 6.64. The number of amides is 2. The Hall–Kier alpha value is -1.26. The van der Waals surface area contributed by atoms with Crippen molar-refractivity contribution in [2.24, 2.45) is 10.8 Å². The number of aliphatic carboxylic acids is 1. The van der Waals surface area contributed by atoms with Crippen molar-refractivity contribution in [1.29, 1.82) is 0 Å². The number of nitrogens with one attached hydrogen (secondary N) is 2. The lowest BCUT2D eigenvalue weighted by Crippen LogP contribution is -2.46. The lowest BCUT2D eigenvalue weighted by Gasteiger charge is -2.24. The van der Waals surface area contributed by atoms with Crippen molar-refractivity contribution in [3.63, 3.8) is 0 Å². The SMILES string of the molecule is CC1(C)CC1NC(=O)NCC1(C(=O)O)CCCC1. The lowest BCUT2D eigenvalue weighted by molar-refractivity contribution is -0.148. The number of carboxylic acids is 1. The second-order valence-corrected chi connectivity index (χ2v) is 6.36. The van der Waals surface area contributed by atoms with Crippen LogP contribution < -0.4 is 10.6 Å². The van der Waals surface area contributed by atoms with Crippen molar-refractivity contribution in [2.75, 3.05) is 6.54 Å². The second kappa shape index (κ2) is 4.44. The van der Waals surface area contributed by atoms with E-state index in [0.29, 0.717) is 12.8 Å². The standard InChI is InChI=1S/C13H22N2O3/c1-12(2)7-9(12)15-11(18)14-8-13(10(16)17)5-3-4-6-13/h9H,3-8H2,1-2H3,(H,16,17)(H2,14,15,18). The zero-order valence-electron chi connectivity index (χ0n) is 11.1. The van der Waals surface area contributed by atoms with Crippen LogP contribution in [0.15, 0.2) is 0 Å². The van der Waals surface area contributed by atoms with E-state index >= 15 is 0 Å². The van der Waals surface area contributed by atoms with Gasteiger partial charge >= 0.3 is 12.0 Å². The minimum absolute atomic E-state index is 0.190. The molecule has 2 saturated carbocycles. The molecule has 3 N–H and O–H groups in total. The van der Waals surface area contributed by atoms with Crippen LogP contribution in [0.2, 0.25) is 0 Å². The third-order valence-electron chi connectivity index (χ3n) is 4.42. The van der Waals surface area contributed by atoms with Gasteiger partial charge in [-0.1, -0.05) is 26.7 Å². The molecule has 102 valence electrons. The molecule has 5 heteroatoms. The average molecular weight is 254 g/mol. The van der Waals surface area contributed by atoms with E-state index in [1.165, 1.54) is 0 Å². The Morgan fingerprint density at radius 2 is 1.83 bits per heavy atom. The fourth-order valence-electron chi connectivity index (χ4n) is 2.69. The Kier molecular flexibility index (Phi) is 3.25. The number of hydrogen-bond acceptors (Lipinski definition) is 2. The van der Waals surface area contributed by atoms with E-state index in [1.807, 2.05) is 0 Å². The number of carbonyl (C=O) groups is 2. The van der Waals surface area contributed by atoms with Crippen LogP contribution in [-0.4, -0.2) is 29.7 Å². The average Bonchev–Trinajstić information content (AvgIpc) is 2.73. The quantitative estimate of drug-likeness (QED) is 0.715. The number of urea groups is 1. The summed E-state index contributed by atoms with van der Waals surface area (Å²) in [5.74, 6) is -0.785. The van der Waals surface area contributed by atoms with Crippen LogP contribution in [0.25, 0.3) is 0 Å². The molecule has 0 saturated heterocycles. The summed E-state index contributed by atoms with van der Waals surface area (Å²) >= 11 is 0. The van der Waals surface area contributed by atoms with Gasteiger partial charge in [-0.3, -0.25) is 4.79 Å². The highest BCUT2D eigenvalue weighted by molar-refractivity contribution is 5.78. The molecule has 0 aromatic rings. The van der Waals surface area contributed by atoms with Gasteiger partial charge in [0.25, 0.3) is 0 Å². The van der Waals surface area contributed by atoms with E-state index in [0.717, 1.165) is 19.3 Å². The number of hydrogen-bond donors (Lipinski definition) is 3. The molecular weight excluding hydrogens is 232 g/mol. The van der Waals surface area contributed by atoms with Crippen molar-refractivity contribution >= 4 is 12.0 Å². The van der Waals surface area contributed by atoms with Crippen molar-refractivity contribution in [1.82, 2.24) is 10.6 Å².